The molecule has 2 saturated carbocycles. The fourth-order valence-corrected chi connectivity index (χ4v) is 6.45. The van der Waals surface area contributed by atoms with Gasteiger partial charge < -0.3 is 19.7 Å². The van der Waals surface area contributed by atoms with Crippen LogP contribution in [0.2, 0.25) is 5.02 Å². The number of aromatic nitrogens is 2. The molecule has 1 heterocycles. The smallest absolute Gasteiger partial charge is 0.335 e. The van der Waals surface area contributed by atoms with E-state index in [0.717, 1.165) is 67.2 Å². The third-order valence-electron chi connectivity index (χ3n) is 8.89. The molecule has 0 saturated heterocycles. The molecule has 1 amide bonds. The van der Waals surface area contributed by atoms with E-state index >= 15 is 4.39 Å². The molecular formula is C37H33ClFN3O4. The lowest BCUT2D eigenvalue weighted by Crippen LogP contribution is -2.25. The number of carboxylic acids is 1. The standard InChI is InChI=1S/C37H33ClFN3O4/c38-26-10-6-22(7-11-26)30-15-8-23(36(43)40-27-12-13-27)18-25(30)21-46-29-14-16-31(32(39)20-29)35-41-33-19-24(37(44)45)9-17-34(33)42(35)28-4-2-1-3-5-28/h6-11,14-20,27-28H,1-5,12-13,21H2,(H,40,43)(H,44,45). The van der Waals surface area contributed by atoms with Gasteiger partial charge in [0.15, 0.2) is 0 Å². The van der Waals surface area contributed by atoms with E-state index in [1.807, 2.05) is 36.4 Å². The number of amides is 1. The zero-order valence-electron chi connectivity index (χ0n) is 25.1. The molecule has 46 heavy (non-hydrogen) atoms. The number of hydrogen-bond donors (Lipinski definition) is 2. The Morgan fingerprint density at radius 2 is 1.63 bits per heavy atom. The number of rotatable bonds is 9. The van der Waals surface area contributed by atoms with E-state index in [-0.39, 0.29) is 30.2 Å². The van der Waals surface area contributed by atoms with Crippen molar-refractivity contribution < 1.29 is 23.8 Å². The lowest BCUT2D eigenvalue weighted by Gasteiger charge is -2.25. The molecule has 0 spiro atoms. The number of carboxylic acid groups (broad SMARTS) is 1. The van der Waals surface area contributed by atoms with Crippen LogP contribution in [0.25, 0.3) is 33.5 Å². The average Bonchev–Trinajstić information content (AvgIpc) is 3.80. The summed E-state index contributed by atoms with van der Waals surface area (Å²) in [7, 11) is 0. The fourth-order valence-electron chi connectivity index (χ4n) is 6.32. The lowest BCUT2D eigenvalue weighted by atomic mass is 9.94. The number of fused-ring (bicyclic) bond motifs is 1. The van der Waals surface area contributed by atoms with Crippen LogP contribution in [0.15, 0.2) is 78.9 Å². The van der Waals surface area contributed by atoms with Crippen molar-refractivity contribution in [2.24, 2.45) is 0 Å². The first-order valence-electron chi connectivity index (χ1n) is 15.7. The number of carbonyl (C=O) groups is 2. The molecule has 5 aromatic rings. The van der Waals surface area contributed by atoms with E-state index < -0.39 is 11.8 Å². The quantitative estimate of drug-likeness (QED) is 0.168. The highest BCUT2D eigenvalue weighted by Gasteiger charge is 2.26. The molecule has 1 aromatic heterocycles. The molecule has 0 radical (unpaired) electrons. The van der Waals surface area contributed by atoms with Gasteiger partial charge in [-0.15, -0.1) is 0 Å². The maximum atomic E-state index is 15.9. The average molecular weight is 638 g/mol. The number of nitrogens with zero attached hydrogens (tertiary/aromatic N) is 2. The molecule has 0 bridgehead atoms. The Morgan fingerprint density at radius 3 is 2.35 bits per heavy atom. The van der Waals surface area contributed by atoms with Crippen LogP contribution < -0.4 is 10.1 Å². The molecule has 4 aromatic carbocycles. The number of carbonyl (C=O) groups excluding carboxylic acids is 1. The van der Waals surface area contributed by atoms with Crippen LogP contribution in [0.3, 0.4) is 0 Å². The minimum atomic E-state index is -1.03. The van der Waals surface area contributed by atoms with Gasteiger partial charge in [0, 0.05) is 28.7 Å². The SMILES string of the molecule is O=C(O)c1ccc2c(c1)nc(-c1ccc(OCc3cc(C(=O)NC4CC4)ccc3-c3ccc(Cl)cc3)cc1F)n2C1CCCCC1. The number of benzene rings is 4. The van der Waals surface area contributed by atoms with Crippen molar-refractivity contribution in [1.82, 2.24) is 14.9 Å². The molecule has 7 rings (SSSR count). The summed E-state index contributed by atoms with van der Waals surface area (Å²) in [5.74, 6) is -0.828. The third kappa shape index (κ3) is 6.22. The van der Waals surface area contributed by atoms with E-state index in [1.54, 1.807) is 36.4 Å². The predicted molar refractivity (Wildman–Crippen MR) is 176 cm³/mol. The fraction of sp³-hybridized carbons (Fsp3) is 0.270. The Hall–Kier alpha value is -4.69. The number of nitrogens with one attached hydrogen (secondary N) is 1. The van der Waals surface area contributed by atoms with Crippen LogP contribution >= 0.6 is 11.6 Å². The first kappa shape index (κ1) is 30.0. The maximum absolute atomic E-state index is 15.9. The first-order chi connectivity index (χ1) is 22.3. The van der Waals surface area contributed by atoms with Crippen molar-refractivity contribution >= 4 is 34.5 Å². The topological polar surface area (TPSA) is 93.5 Å². The van der Waals surface area contributed by atoms with E-state index in [1.165, 1.54) is 6.07 Å². The summed E-state index contributed by atoms with van der Waals surface area (Å²) in [5.41, 5.74) is 4.92. The van der Waals surface area contributed by atoms with Crippen molar-refractivity contribution in [2.75, 3.05) is 0 Å². The molecule has 2 aliphatic rings. The van der Waals surface area contributed by atoms with Crippen molar-refractivity contribution in [3.8, 4) is 28.3 Å². The molecule has 2 fully saturated rings. The van der Waals surface area contributed by atoms with E-state index in [9.17, 15) is 14.7 Å². The Balaban J connectivity index is 1.20. The maximum Gasteiger partial charge on any atom is 0.335 e. The summed E-state index contributed by atoms with van der Waals surface area (Å²) >= 11 is 6.13. The van der Waals surface area contributed by atoms with Crippen molar-refractivity contribution in [3.05, 3.63) is 106 Å². The molecule has 2 aliphatic carbocycles. The van der Waals surface area contributed by atoms with Gasteiger partial charge in [-0.05, 0) is 97.0 Å². The summed E-state index contributed by atoms with van der Waals surface area (Å²) in [6.45, 7) is 0.111. The van der Waals surface area contributed by atoms with Gasteiger partial charge in [-0.1, -0.05) is 49.1 Å². The molecule has 0 aliphatic heterocycles. The molecular weight excluding hydrogens is 605 g/mol. The van der Waals surface area contributed by atoms with Crippen LogP contribution in [0.4, 0.5) is 4.39 Å². The normalized spacial score (nSPS) is 15.2. The van der Waals surface area contributed by atoms with Crippen LogP contribution in [0.5, 0.6) is 5.75 Å². The molecule has 9 heteroatoms. The van der Waals surface area contributed by atoms with Crippen LogP contribution in [0.1, 0.15) is 77.3 Å². The van der Waals surface area contributed by atoms with Crippen molar-refractivity contribution in [2.45, 2.75) is 63.6 Å². The van der Waals surface area contributed by atoms with Crippen molar-refractivity contribution in [1.29, 1.82) is 0 Å². The molecule has 2 N–H and O–H groups in total. The van der Waals surface area contributed by atoms with Gasteiger partial charge in [0.05, 0.1) is 22.2 Å². The number of ether oxygens (including phenoxy) is 1. The zero-order chi connectivity index (χ0) is 31.8. The molecule has 7 nitrogen and oxygen atoms in total. The molecule has 234 valence electrons. The van der Waals surface area contributed by atoms with Gasteiger partial charge in [-0.2, -0.15) is 0 Å². The van der Waals surface area contributed by atoms with E-state index in [0.29, 0.717) is 33.2 Å². The largest absolute Gasteiger partial charge is 0.489 e. The van der Waals surface area contributed by atoms with Gasteiger partial charge in [-0.3, -0.25) is 4.79 Å². The first-order valence-corrected chi connectivity index (χ1v) is 16.1. The highest BCUT2D eigenvalue weighted by Crippen LogP contribution is 2.38. The van der Waals surface area contributed by atoms with Gasteiger partial charge in [0.1, 0.15) is 24.0 Å². The van der Waals surface area contributed by atoms with Gasteiger partial charge in [0.2, 0.25) is 0 Å². The Kier molecular flexibility index (Phi) is 8.21. The highest BCUT2D eigenvalue weighted by atomic mass is 35.5. The summed E-state index contributed by atoms with van der Waals surface area (Å²) in [4.78, 5) is 29.2. The second-order valence-electron chi connectivity index (χ2n) is 12.2. The summed E-state index contributed by atoms with van der Waals surface area (Å²) < 4.78 is 24.1. The zero-order valence-corrected chi connectivity index (χ0v) is 25.9. The third-order valence-corrected chi connectivity index (χ3v) is 9.14. The Labute approximate surface area is 271 Å². The van der Waals surface area contributed by atoms with Crippen LogP contribution in [-0.4, -0.2) is 32.6 Å². The summed E-state index contributed by atoms with van der Waals surface area (Å²) in [6, 6.07) is 23.0. The number of imidazole rings is 1. The van der Waals surface area contributed by atoms with Crippen molar-refractivity contribution in [3.63, 3.8) is 0 Å². The van der Waals surface area contributed by atoms with E-state index in [4.69, 9.17) is 21.3 Å². The van der Waals surface area contributed by atoms with E-state index in [2.05, 4.69) is 9.88 Å². The minimum Gasteiger partial charge on any atom is -0.489 e. The number of aromatic carboxylic acids is 1. The highest BCUT2D eigenvalue weighted by molar-refractivity contribution is 6.30. The van der Waals surface area contributed by atoms with Crippen LogP contribution in [-0.2, 0) is 6.61 Å². The van der Waals surface area contributed by atoms with Gasteiger partial charge in [0.25, 0.3) is 5.91 Å². The monoisotopic (exact) mass is 637 g/mol. The summed E-state index contributed by atoms with van der Waals surface area (Å²) in [6.07, 6.45) is 7.21. The van der Waals surface area contributed by atoms with Crippen LogP contribution in [0, 0.1) is 5.82 Å². The van der Waals surface area contributed by atoms with Gasteiger partial charge in [-0.25, -0.2) is 14.2 Å². The Bertz CT molecular complexity index is 1940. The predicted octanol–water partition coefficient (Wildman–Crippen LogP) is 8.84. The lowest BCUT2D eigenvalue weighted by molar-refractivity contribution is 0.0696. The second-order valence-corrected chi connectivity index (χ2v) is 12.6. The molecule has 0 atom stereocenters. The summed E-state index contributed by atoms with van der Waals surface area (Å²) in [5, 5.41) is 13.2. The minimum absolute atomic E-state index is 0.111. The van der Waals surface area contributed by atoms with Gasteiger partial charge >= 0.3 is 5.97 Å². The number of hydrogen-bond acceptors (Lipinski definition) is 4. The molecule has 0 unspecified atom stereocenters. The second kappa shape index (κ2) is 12.6. The Morgan fingerprint density at radius 1 is 0.891 bits per heavy atom. The number of halogens is 2.